The van der Waals surface area contributed by atoms with Gasteiger partial charge in [-0.3, -0.25) is 4.79 Å². The molecule has 0 spiro atoms. The van der Waals surface area contributed by atoms with Crippen molar-refractivity contribution in [3.05, 3.63) is 83.6 Å². The van der Waals surface area contributed by atoms with E-state index in [2.05, 4.69) is 9.97 Å². The number of ketones is 1. The number of benzene rings is 2. The molecule has 0 aliphatic rings. The SMILES string of the molecule is Cc1nccc(-c2ccc(CC(=O)Cc3ccc(F)cc3)cc2)n1. The molecule has 0 aliphatic carbocycles. The molecule has 0 aliphatic heterocycles. The van der Waals surface area contributed by atoms with Crippen molar-refractivity contribution in [2.75, 3.05) is 0 Å². The van der Waals surface area contributed by atoms with Gasteiger partial charge in [0.05, 0.1) is 5.69 Å². The Bertz CT molecular complexity index is 842. The predicted octanol–water partition coefficient (Wildman–Crippen LogP) is 3.95. The summed E-state index contributed by atoms with van der Waals surface area (Å²) >= 11 is 0. The van der Waals surface area contributed by atoms with Crippen LogP contribution in [0.3, 0.4) is 0 Å². The Hall–Kier alpha value is -2.88. The first kappa shape index (κ1) is 16.0. The van der Waals surface area contributed by atoms with Gasteiger partial charge >= 0.3 is 0 Å². The summed E-state index contributed by atoms with van der Waals surface area (Å²) in [5, 5.41) is 0. The fraction of sp³-hybridized carbons (Fsp3) is 0.150. The standard InChI is InChI=1S/C20H17FN2O/c1-14-22-11-10-20(23-14)17-6-2-15(3-7-17)12-19(24)13-16-4-8-18(21)9-5-16/h2-11H,12-13H2,1H3. The summed E-state index contributed by atoms with van der Waals surface area (Å²) in [5.41, 5.74) is 3.65. The Morgan fingerprint density at radius 1 is 0.917 bits per heavy atom. The van der Waals surface area contributed by atoms with Crippen molar-refractivity contribution in [2.24, 2.45) is 0 Å². The summed E-state index contributed by atoms with van der Waals surface area (Å²) in [7, 11) is 0. The highest BCUT2D eigenvalue weighted by Gasteiger charge is 2.07. The van der Waals surface area contributed by atoms with E-state index in [9.17, 15) is 9.18 Å². The van der Waals surface area contributed by atoms with Crippen molar-refractivity contribution in [3.8, 4) is 11.3 Å². The molecule has 1 heterocycles. The number of nitrogens with zero attached hydrogens (tertiary/aromatic N) is 2. The molecule has 0 fully saturated rings. The van der Waals surface area contributed by atoms with Crippen LogP contribution >= 0.6 is 0 Å². The van der Waals surface area contributed by atoms with Crippen LogP contribution in [0.1, 0.15) is 17.0 Å². The normalized spacial score (nSPS) is 10.6. The molecule has 120 valence electrons. The zero-order valence-electron chi connectivity index (χ0n) is 13.4. The van der Waals surface area contributed by atoms with E-state index in [-0.39, 0.29) is 11.6 Å². The molecule has 4 heteroatoms. The van der Waals surface area contributed by atoms with Crippen LogP contribution in [0, 0.1) is 12.7 Å². The van der Waals surface area contributed by atoms with E-state index in [4.69, 9.17) is 0 Å². The minimum absolute atomic E-state index is 0.104. The number of carbonyl (C=O) groups is 1. The molecule has 0 N–H and O–H groups in total. The Morgan fingerprint density at radius 3 is 2.08 bits per heavy atom. The number of halogens is 1. The van der Waals surface area contributed by atoms with Crippen LogP contribution < -0.4 is 0 Å². The molecule has 0 saturated carbocycles. The van der Waals surface area contributed by atoms with Crippen LogP contribution in [0.4, 0.5) is 4.39 Å². The van der Waals surface area contributed by atoms with Crippen LogP contribution in [-0.2, 0) is 17.6 Å². The molecular formula is C20H17FN2O. The van der Waals surface area contributed by atoms with Gasteiger partial charge in [-0.2, -0.15) is 0 Å². The third kappa shape index (κ3) is 4.10. The molecule has 24 heavy (non-hydrogen) atoms. The topological polar surface area (TPSA) is 42.9 Å². The van der Waals surface area contributed by atoms with Crippen LogP contribution in [0.5, 0.6) is 0 Å². The molecule has 0 radical (unpaired) electrons. The van der Waals surface area contributed by atoms with Crippen LogP contribution in [0.25, 0.3) is 11.3 Å². The maximum Gasteiger partial charge on any atom is 0.141 e. The van der Waals surface area contributed by atoms with Gasteiger partial charge in [-0.05, 0) is 36.2 Å². The van der Waals surface area contributed by atoms with E-state index in [0.717, 1.165) is 28.2 Å². The zero-order valence-corrected chi connectivity index (χ0v) is 13.4. The van der Waals surface area contributed by atoms with Crippen molar-refractivity contribution in [1.29, 1.82) is 0 Å². The first-order chi connectivity index (χ1) is 11.6. The minimum Gasteiger partial charge on any atom is -0.299 e. The Morgan fingerprint density at radius 2 is 1.50 bits per heavy atom. The lowest BCUT2D eigenvalue weighted by atomic mass is 10.0. The lowest BCUT2D eigenvalue weighted by molar-refractivity contribution is -0.117. The Kier molecular flexibility index (Phi) is 4.75. The van der Waals surface area contributed by atoms with Crippen molar-refractivity contribution in [2.45, 2.75) is 19.8 Å². The highest BCUT2D eigenvalue weighted by Crippen LogP contribution is 2.18. The highest BCUT2D eigenvalue weighted by molar-refractivity contribution is 5.83. The Labute approximate surface area is 140 Å². The Balaban J connectivity index is 1.65. The summed E-state index contributed by atoms with van der Waals surface area (Å²) in [6.45, 7) is 1.85. The summed E-state index contributed by atoms with van der Waals surface area (Å²) in [6.07, 6.45) is 2.41. The van der Waals surface area contributed by atoms with Gasteiger partial charge in [0, 0.05) is 24.6 Å². The molecular weight excluding hydrogens is 303 g/mol. The van der Waals surface area contributed by atoms with Gasteiger partial charge in [-0.25, -0.2) is 14.4 Å². The number of hydrogen-bond acceptors (Lipinski definition) is 3. The maximum atomic E-state index is 12.9. The molecule has 1 aromatic heterocycles. The van der Waals surface area contributed by atoms with E-state index in [1.54, 1.807) is 18.3 Å². The third-order valence-corrected chi connectivity index (χ3v) is 3.74. The summed E-state index contributed by atoms with van der Waals surface area (Å²) < 4.78 is 12.9. The summed E-state index contributed by atoms with van der Waals surface area (Å²) in [5.74, 6) is 0.542. The van der Waals surface area contributed by atoms with Gasteiger partial charge < -0.3 is 0 Å². The van der Waals surface area contributed by atoms with Gasteiger partial charge in [0.1, 0.15) is 17.4 Å². The largest absolute Gasteiger partial charge is 0.299 e. The lowest BCUT2D eigenvalue weighted by Gasteiger charge is -2.05. The van der Waals surface area contributed by atoms with Gasteiger partial charge in [0.25, 0.3) is 0 Å². The van der Waals surface area contributed by atoms with Crippen molar-refractivity contribution in [1.82, 2.24) is 9.97 Å². The average Bonchev–Trinajstić information content (AvgIpc) is 2.58. The zero-order chi connectivity index (χ0) is 16.9. The first-order valence-electron chi connectivity index (χ1n) is 7.75. The number of hydrogen-bond donors (Lipinski definition) is 0. The smallest absolute Gasteiger partial charge is 0.141 e. The molecule has 0 saturated heterocycles. The molecule has 3 aromatic rings. The second kappa shape index (κ2) is 7.13. The van der Waals surface area contributed by atoms with Gasteiger partial charge in [-0.15, -0.1) is 0 Å². The number of Topliss-reactive ketones (excluding diaryl/α,β-unsaturated/α-hetero) is 1. The predicted molar refractivity (Wildman–Crippen MR) is 91.0 cm³/mol. The number of rotatable bonds is 5. The van der Waals surface area contributed by atoms with Crippen LogP contribution in [0.15, 0.2) is 60.8 Å². The number of aromatic nitrogens is 2. The lowest BCUT2D eigenvalue weighted by Crippen LogP contribution is -2.06. The van der Waals surface area contributed by atoms with Crippen molar-refractivity contribution >= 4 is 5.78 Å². The average molecular weight is 320 g/mol. The molecule has 0 amide bonds. The second-order valence-electron chi connectivity index (χ2n) is 5.70. The monoisotopic (exact) mass is 320 g/mol. The molecule has 0 bridgehead atoms. The first-order valence-corrected chi connectivity index (χ1v) is 7.75. The van der Waals surface area contributed by atoms with E-state index in [0.29, 0.717) is 12.8 Å². The quantitative estimate of drug-likeness (QED) is 0.715. The highest BCUT2D eigenvalue weighted by atomic mass is 19.1. The van der Waals surface area contributed by atoms with E-state index in [1.807, 2.05) is 37.3 Å². The fourth-order valence-electron chi connectivity index (χ4n) is 2.53. The van der Waals surface area contributed by atoms with Crippen LogP contribution in [-0.4, -0.2) is 15.8 Å². The molecule has 2 aromatic carbocycles. The van der Waals surface area contributed by atoms with Crippen molar-refractivity contribution < 1.29 is 9.18 Å². The molecule has 0 atom stereocenters. The van der Waals surface area contributed by atoms with E-state index < -0.39 is 0 Å². The molecule has 3 nitrogen and oxygen atoms in total. The van der Waals surface area contributed by atoms with Crippen LogP contribution in [0.2, 0.25) is 0 Å². The third-order valence-electron chi connectivity index (χ3n) is 3.74. The summed E-state index contributed by atoms with van der Waals surface area (Å²) in [6, 6.07) is 15.7. The van der Waals surface area contributed by atoms with Gasteiger partial charge in [-0.1, -0.05) is 36.4 Å². The molecule has 3 rings (SSSR count). The summed E-state index contributed by atoms with van der Waals surface area (Å²) in [4.78, 5) is 20.6. The maximum absolute atomic E-state index is 12.9. The van der Waals surface area contributed by atoms with Gasteiger partial charge in [0.2, 0.25) is 0 Å². The second-order valence-corrected chi connectivity index (χ2v) is 5.70. The van der Waals surface area contributed by atoms with Gasteiger partial charge in [0.15, 0.2) is 0 Å². The molecule has 0 unspecified atom stereocenters. The van der Waals surface area contributed by atoms with E-state index >= 15 is 0 Å². The fourth-order valence-corrected chi connectivity index (χ4v) is 2.53. The number of aryl methyl sites for hydroxylation is 1. The van der Waals surface area contributed by atoms with Crippen molar-refractivity contribution in [3.63, 3.8) is 0 Å². The number of carbonyl (C=O) groups excluding carboxylic acids is 1. The van der Waals surface area contributed by atoms with E-state index in [1.165, 1.54) is 12.1 Å². The minimum atomic E-state index is -0.290.